The summed E-state index contributed by atoms with van der Waals surface area (Å²) in [7, 11) is 0. The van der Waals surface area contributed by atoms with Crippen LogP contribution >= 0.6 is 23.2 Å². The van der Waals surface area contributed by atoms with Crippen molar-refractivity contribution >= 4 is 50.9 Å². The van der Waals surface area contributed by atoms with E-state index in [1.54, 1.807) is 18.2 Å². The van der Waals surface area contributed by atoms with Gasteiger partial charge in [0.2, 0.25) is 5.91 Å². The van der Waals surface area contributed by atoms with E-state index in [2.05, 4.69) is 5.32 Å². The number of carbonyl (C=O) groups excluding carboxylic acids is 1. The maximum absolute atomic E-state index is 12.8. The molecule has 0 aliphatic rings. The van der Waals surface area contributed by atoms with Gasteiger partial charge in [-0.05, 0) is 54.8 Å². The summed E-state index contributed by atoms with van der Waals surface area (Å²) in [6.07, 6.45) is 1.58. The normalized spacial score (nSPS) is 11.1. The van der Waals surface area contributed by atoms with Gasteiger partial charge in [0.25, 0.3) is 0 Å². The maximum Gasteiger partial charge on any atom is 0.239 e. The zero-order valence-electron chi connectivity index (χ0n) is 16.2. The first-order valence-electron chi connectivity index (χ1n) is 9.75. The van der Waals surface area contributed by atoms with Crippen LogP contribution in [0.3, 0.4) is 0 Å². The molecule has 0 bridgehead atoms. The van der Waals surface area contributed by atoms with Gasteiger partial charge in [-0.2, -0.15) is 0 Å². The third-order valence-corrected chi connectivity index (χ3v) is 5.87. The lowest BCUT2D eigenvalue weighted by Crippen LogP contribution is -2.29. The van der Waals surface area contributed by atoms with Crippen LogP contribution in [0.4, 0.5) is 0 Å². The average Bonchev–Trinajstić information content (AvgIpc) is 2.76. The number of amides is 1. The largest absolute Gasteiger partial charge is 0.355 e. The van der Waals surface area contributed by atoms with E-state index >= 15 is 0 Å². The van der Waals surface area contributed by atoms with Crippen LogP contribution in [0, 0.1) is 0 Å². The quantitative estimate of drug-likeness (QED) is 0.331. The molecular formula is C24H20Cl2N2O2. The van der Waals surface area contributed by atoms with E-state index in [1.165, 1.54) is 0 Å². The highest BCUT2D eigenvalue weighted by molar-refractivity contribution is 6.42. The third-order valence-electron chi connectivity index (χ3n) is 5.13. The second kappa shape index (κ2) is 8.90. The van der Waals surface area contributed by atoms with Gasteiger partial charge in [0.05, 0.1) is 21.1 Å². The molecule has 0 unspecified atom stereocenters. The molecule has 0 atom stereocenters. The molecule has 0 saturated carbocycles. The number of hydrogen-bond acceptors (Lipinski definition) is 2. The fourth-order valence-corrected chi connectivity index (χ4v) is 3.98. The minimum absolute atomic E-state index is 0.0144. The third kappa shape index (κ3) is 4.20. The Bertz CT molecular complexity index is 1240. The summed E-state index contributed by atoms with van der Waals surface area (Å²) in [6.45, 7) is 0.698. The predicted molar refractivity (Wildman–Crippen MR) is 124 cm³/mol. The van der Waals surface area contributed by atoms with Crippen LogP contribution in [0.25, 0.3) is 21.8 Å². The lowest BCUT2D eigenvalue weighted by Gasteiger charge is -2.15. The summed E-state index contributed by atoms with van der Waals surface area (Å²) >= 11 is 12.0. The van der Waals surface area contributed by atoms with E-state index in [9.17, 15) is 9.59 Å². The minimum atomic E-state index is -0.0944. The molecule has 152 valence electrons. The van der Waals surface area contributed by atoms with Gasteiger partial charge in [-0.1, -0.05) is 53.5 Å². The number of pyridine rings is 1. The summed E-state index contributed by atoms with van der Waals surface area (Å²) < 4.78 is 1.90. The number of rotatable bonds is 6. The Hall–Kier alpha value is -2.82. The first-order chi connectivity index (χ1) is 14.5. The Morgan fingerprint density at radius 2 is 1.50 bits per heavy atom. The highest BCUT2D eigenvalue weighted by atomic mass is 35.5. The van der Waals surface area contributed by atoms with Crippen LogP contribution < -0.4 is 10.7 Å². The van der Waals surface area contributed by atoms with Crippen molar-refractivity contribution in [2.24, 2.45) is 0 Å². The van der Waals surface area contributed by atoms with E-state index in [0.29, 0.717) is 27.4 Å². The molecule has 0 aliphatic heterocycles. The average molecular weight is 439 g/mol. The SMILES string of the molecule is O=C(Cn1c2ccccc2c(=O)c2ccccc21)NCCCc1ccc(Cl)c(Cl)c1. The lowest BCUT2D eigenvalue weighted by atomic mass is 10.1. The van der Waals surface area contributed by atoms with Crippen molar-refractivity contribution in [1.29, 1.82) is 0 Å². The Kier molecular flexibility index (Phi) is 6.07. The van der Waals surface area contributed by atoms with Crippen LogP contribution in [-0.2, 0) is 17.8 Å². The van der Waals surface area contributed by atoms with Crippen LogP contribution in [-0.4, -0.2) is 17.0 Å². The van der Waals surface area contributed by atoms with Crippen molar-refractivity contribution in [3.05, 3.63) is 92.6 Å². The van der Waals surface area contributed by atoms with Gasteiger partial charge in [0.15, 0.2) is 5.43 Å². The van der Waals surface area contributed by atoms with Crippen molar-refractivity contribution in [3.63, 3.8) is 0 Å². The standard InChI is InChI=1S/C24H20Cl2N2O2/c25-19-12-11-16(14-20(19)26)6-5-13-27-23(29)15-28-21-9-3-1-7-17(21)24(30)18-8-2-4-10-22(18)28/h1-4,7-12,14H,5-6,13,15H2,(H,27,29). The molecule has 0 saturated heterocycles. The number of aryl methyl sites for hydroxylation is 1. The summed E-state index contributed by atoms with van der Waals surface area (Å²) in [5.74, 6) is -0.0944. The molecule has 1 aromatic heterocycles. The van der Waals surface area contributed by atoms with Gasteiger partial charge in [-0.25, -0.2) is 0 Å². The number of benzene rings is 3. The van der Waals surface area contributed by atoms with Crippen molar-refractivity contribution in [2.75, 3.05) is 6.54 Å². The minimum Gasteiger partial charge on any atom is -0.355 e. The highest BCUT2D eigenvalue weighted by Crippen LogP contribution is 2.23. The highest BCUT2D eigenvalue weighted by Gasteiger charge is 2.12. The topological polar surface area (TPSA) is 51.1 Å². The van der Waals surface area contributed by atoms with E-state index in [0.717, 1.165) is 29.4 Å². The fraction of sp³-hybridized carbons (Fsp3) is 0.167. The number of halogens is 2. The molecule has 0 radical (unpaired) electrons. The molecule has 4 rings (SSSR count). The second-order valence-corrected chi connectivity index (χ2v) is 7.97. The van der Waals surface area contributed by atoms with Gasteiger partial charge >= 0.3 is 0 Å². The monoisotopic (exact) mass is 438 g/mol. The Morgan fingerprint density at radius 3 is 2.13 bits per heavy atom. The maximum atomic E-state index is 12.8. The first-order valence-corrected chi connectivity index (χ1v) is 10.5. The number of para-hydroxylation sites is 2. The second-order valence-electron chi connectivity index (χ2n) is 7.15. The lowest BCUT2D eigenvalue weighted by molar-refractivity contribution is -0.121. The summed E-state index contributed by atoms with van der Waals surface area (Å²) in [5, 5.41) is 5.28. The van der Waals surface area contributed by atoms with Crippen LogP contribution in [0.2, 0.25) is 10.0 Å². The predicted octanol–water partition coefficient (Wildman–Crippen LogP) is 5.21. The molecule has 3 aromatic carbocycles. The number of hydrogen-bond donors (Lipinski definition) is 1. The summed E-state index contributed by atoms with van der Waals surface area (Å²) in [6, 6.07) is 20.4. The van der Waals surface area contributed by atoms with E-state index in [4.69, 9.17) is 23.2 Å². The van der Waals surface area contributed by atoms with Crippen LogP contribution in [0.15, 0.2) is 71.5 Å². The van der Waals surface area contributed by atoms with Crippen molar-refractivity contribution < 1.29 is 4.79 Å². The molecule has 1 N–H and O–H groups in total. The first kappa shape index (κ1) is 20.5. The van der Waals surface area contributed by atoms with Crippen molar-refractivity contribution in [2.45, 2.75) is 19.4 Å². The van der Waals surface area contributed by atoms with E-state index < -0.39 is 0 Å². The van der Waals surface area contributed by atoms with Gasteiger partial charge < -0.3 is 9.88 Å². The van der Waals surface area contributed by atoms with Gasteiger partial charge in [0, 0.05) is 17.3 Å². The zero-order chi connectivity index (χ0) is 21.1. The number of aromatic nitrogens is 1. The molecular weight excluding hydrogens is 419 g/mol. The molecule has 0 spiro atoms. The summed E-state index contributed by atoms with van der Waals surface area (Å²) in [5.41, 5.74) is 2.58. The molecule has 4 aromatic rings. The molecule has 0 fully saturated rings. The van der Waals surface area contributed by atoms with Gasteiger partial charge in [0.1, 0.15) is 6.54 Å². The number of nitrogens with zero attached hydrogens (tertiary/aromatic N) is 1. The number of nitrogens with one attached hydrogen (secondary N) is 1. The zero-order valence-corrected chi connectivity index (χ0v) is 17.7. The Morgan fingerprint density at radius 1 is 0.867 bits per heavy atom. The Balaban J connectivity index is 1.48. The van der Waals surface area contributed by atoms with Crippen LogP contribution in [0.5, 0.6) is 0 Å². The summed E-state index contributed by atoms with van der Waals surface area (Å²) in [4.78, 5) is 25.4. The Labute approximate surface area is 184 Å². The van der Waals surface area contributed by atoms with Gasteiger partial charge in [-0.3, -0.25) is 9.59 Å². The van der Waals surface area contributed by atoms with Crippen molar-refractivity contribution in [1.82, 2.24) is 9.88 Å². The van der Waals surface area contributed by atoms with Gasteiger partial charge in [-0.15, -0.1) is 0 Å². The smallest absolute Gasteiger partial charge is 0.239 e. The number of fused-ring (bicyclic) bond motifs is 2. The fourth-order valence-electron chi connectivity index (χ4n) is 3.66. The van der Waals surface area contributed by atoms with Crippen molar-refractivity contribution in [3.8, 4) is 0 Å². The molecule has 6 heteroatoms. The van der Waals surface area contributed by atoms with E-state index in [1.807, 2.05) is 53.1 Å². The molecule has 1 heterocycles. The molecule has 1 amide bonds. The van der Waals surface area contributed by atoms with Crippen LogP contribution in [0.1, 0.15) is 12.0 Å². The molecule has 0 aliphatic carbocycles. The van der Waals surface area contributed by atoms with E-state index in [-0.39, 0.29) is 17.9 Å². The molecule has 30 heavy (non-hydrogen) atoms. The molecule has 4 nitrogen and oxygen atoms in total. The number of carbonyl (C=O) groups is 1.